The Bertz CT molecular complexity index is 476. The van der Waals surface area contributed by atoms with Gasteiger partial charge in [-0.2, -0.15) is 0 Å². The Labute approximate surface area is 124 Å². The first-order chi connectivity index (χ1) is 10.0. The summed E-state index contributed by atoms with van der Waals surface area (Å²) in [5, 5.41) is 20.8. The average Bonchev–Trinajstić information content (AvgIpc) is 2.47. The molecular formula is C15H24FN3O2. The molecule has 0 aliphatic carbocycles. The second-order valence-corrected chi connectivity index (χ2v) is 5.00. The Balaban J connectivity index is 3.00. The molecule has 5 nitrogen and oxygen atoms in total. The number of benzene rings is 1. The summed E-state index contributed by atoms with van der Waals surface area (Å²) >= 11 is 0. The summed E-state index contributed by atoms with van der Waals surface area (Å²) in [5.74, 6) is -0.547. The molecule has 0 unspecified atom stereocenters. The lowest BCUT2D eigenvalue weighted by Gasteiger charge is -2.30. The zero-order chi connectivity index (χ0) is 15.8. The SMILES string of the molecule is CCC(CC)N(CCO)Cc1cc(F)cc(/C(N)=N/O)c1. The first kappa shape index (κ1) is 17.4. The van der Waals surface area contributed by atoms with Crippen LogP contribution in [0.15, 0.2) is 23.4 Å². The Morgan fingerprint density at radius 2 is 2.00 bits per heavy atom. The van der Waals surface area contributed by atoms with Gasteiger partial charge in [-0.3, -0.25) is 4.90 Å². The number of rotatable bonds is 8. The number of hydrogen-bond donors (Lipinski definition) is 3. The van der Waals surface area contributed by atoms with E-state index in [0.717, 1.165) is 18.4 Å². The minimum atomic E-state index is -0.428. The van der Waals surface area contributed by atoms with Crippen LogP contribution in [0.1, 0.15) is 37.8 Å². The lowest BCUT2D eigenvalue weighted by atomic mass is 10.1. The standard InChI is InChI=1S/C15H24FN3O2/c1-3-14(4-2)19(5-6-20)10-11-7-12(15(17)18-21)9-13(16)8-11/h7-9,14,20-21H,3-6,10H2,1-2H3,(H2,17,18). The highest BCUT2D eigenvalue weighted by Crippen LogP contribution is 2.16. The monoisotopic (exact) mass is 297 g/mol. The van der Waals surface area contributed by atoms with Crippen LogP contribution in [-0.4, -0.2) is 40.2 Å². The zero-order valence-corrected chi connectivity index (χ0v) is 12.6. The van der Waals surface area contributed by atoms with Crippen LogP contribution in [-0.2, 0) is 6.54 Å². The Morgan fingerprint density at radius 1 is 1.33 bits per heavy atom. The number of aliphatic hydroxyl groups is 1. The highest BCUT2D eigenvalue weighted by molar-refractivity contribution is 5.97. The van der Waals surface area contributed by atoms with Gasteiger partial charge >= 0.3 is 0 Å². The lowest BCUT2D eigenvalue weighted by Crippen LogP contribution is -2.36. The van der Waals surface area contributed by atoms with Gasteiger partial charge in [0.2, 0.25) is 0 Å². The van der Waals surface area contributed by atoms with Crippen molar-refractivity contribution in [3.8, 4) is 0 Å². The molecule has 0 aliphatic rings. The van der Waals surface area contributed by atoms with Crippen molar-refractivity contribution >= 4 is 5.84 Å². The quantitative estimate of drug-likeness (QED) is 0.296. The van der Waals surface area contributed by atoms with E-state index in [9.17, 15) is 9.50 Å². The number of amidine groups is 1. The largest absolute Gasteiger partial charge is 0.409 e. The number of halogens is 1. The van der Waals surface area contributed by atoms with E-state index in [1.165, 1.54) is 12.1 Å². The maximum absolute atomic E-state index is 13.7. The van der Waals surface area contributed by atoms with E-state index in [4.69, 9.17) is 10.9 Å². The third-order valence-corrected chi connectivity index (χ3v) is 3.59. The summed E-state index contributed by atoms with van der Waals surface area (Å²) in [5.41, 5.74) is 6.59. The summed E-state index contributed by atoms with van der Waals surface area (Å²) in [6, 6.07) is 4.69. The second-order valence-electron chi connectivity index (χ2n) is 5.00. The van der Waals surface area contributed by atoms with Crippen LogP contribution in [0.25, 0.3) is 0 Å². The molecule has 0 fully saturated rings. The summed E-state index contributed by atoms with van der Waals surface area (Å²) in [4.78, 5) is 2.12. The molecule has 0 spiro atoms. The van der Waals surface area contributed by atoms with Gasteiger partial charge in [0, 0.05) is 24.7 Å². The highest BCUT2D eigenvalue weighted by Gasteiger charge is 2.16. The molecule has 0 atom stereocenters. The molecule has 4 N–H and O–H groups in total. The summed E-state index contributed by atoms with van der Waals surface area (Å²) in [6.07, 6.45) is 1.91. The van der Waals surface area contributed by atoms with E-state index in [-0.39, 0.29) is 12.4 Å². The fourth-order valence-corrected chi connectivity index (χ4v) is 2.51. The van der Waals surface area contributed by atoms with Crippen LogP contribution in [0.3, 0.4) is 0 Å². The summed E-state index contributed by atoms with van der Waals surface area (Å²) in [7, 11) is 0. The van der Waals surface area contributed by atoms with Crippen LogP contribution in [0.2, 0.25) is 0 Å². The number of aliphatic hydroxyl groups excluding tert-OH is 1. The van der Waals surface area contributed by atoms with E-state index in [2.05, 4.69) is 23.9 Å². The first-order valence-corrected chi connectivity index (χ1v) is 7.17. The number of nitrogens with two attached hydrogens (primary N) is 1. The van der Waals surface area contributed by atoms with Crippen LogP contribution < -0.4 is 5.73 Å². The van der Waals surface area contributed by atoms with Crippen LogP contribution >= 0.6 is 0 Å². The van der Waals surface area contributed by atoms with E-state index < -0.39 is 5.82 Å². The molecule has 0 saturated heterocycles. The van der Waals surface area contributed by atoms with Crippen molar-refractivity contribution in [2.24, 2.45) is 10.9 Å². The fraction of sp³-hybridized carbons (Fsp3) is 0.533. The Morgan fingerprint density at radius 3 is 2.52 bits per heavy atom. The molecule has 1 rings (SSSR count). The van der Waals surface area contributed by atoms with Gasteiger partial charge in [-0.1, -0.05) is 19.0 Å². The molecular weight excluding hydrogens is 273 g/mol. The normalized spacial score (nSPS) is 12.4. The van der Waals surface area contributed by atoms with E-state index >= 15 is 0 Å². The van der Waals surface area contributed by atoms with Crippen LogP contribution in [0, 0.1) is 5.82 Å². The van der Waals surface area contributed by atoms with Gasteiger partial charge in [0.1, 0.15) is 5.82 Å². The minimum absolute atomic E-state index is 0.0545. The van der Waals surface area contributed by atoms with Crippen molar-refractivity contribution in [3.63, 3.8) is 0 Å². The predicted octanol–water partition coefficient (Wildman–Crippen LogP) is 1.90. The summed E-state index contributed by atoms with van der Waals surface area (Å²) < 4.78 is 13.7. The van der Waals surface area contributed by atoms with Crippen molar-refractivity contribution < 1.29 is 14.7 Å². The van der Waals surface area contributed by atoms with Gasteiger partial charge in [0.25, 0.3) is 0 Å². The maximum Gasteiger partial charge on any atom is 0.170 e. The minimum Gasteiger partial charge on any atom is -0.409 e. The summed E-state index contributed by atoms with van der Waals surface area (Å²) in [6.45, 7) is 5.27. The van der Waals surface area contributed by atoms with Gasteiger partial charge in [-0.15, -0.1) is 0 Å². The molecule has 0 saturated carbocycles. The molecule has 0 bridgehead atoms. The third-order valence-electron chi connectivity index (χ3n) is 3.59. The topological polar surface area (TPSA) is 82.1 Å². The van der Waals surface area contributed by atoms with Crippen molar-refractivity contribution in [3.05, 3.63) is 35.1 Å². The molecule has 0 aliphatic heterocycles. The molecule has 0 radical (unpaired) electrons. The molecule has 1 aromatic rings. The molecule has 0 amide bonds. The zero-order valence-electron chi connectivity index (χ0n) is 12.6. The third kappa shape index (κ3) is 4.99. The van der Waals surface area contributed by atoms with Gasteiger partial charge < -0.3 is 16.0 Å². The molecule has 21 heavy (non-hydrogen) atoms. The number of hydrogen-bond acceptors (Lipinski definition) is 4. The fourth-order valence-electron chi connectivity index (χ4n) is 2.51. The Kier molecular flexibility index (Phi) is 7.11. The first-order valence-electron chi connectivity index (χ1n) is 7.17. The molecule has 0 aromatic heterocycles. The van der Waals surface area contributed by atoms with Gasteiger partial charge in [-0.25, -0.2) is 4.39 Å². The second kappa shape index (κ2) is 8.59. The smallest absolute Gasteiger partial charge is 0.170 e. The Hall–Kier alpha value is -1.66. The van der Waals surface area contributed by atoms with Gasteiger partial charge in [0.15, 0.2) is 5.84 Å². The number of nitrogens with zero attached hydrogens (tertiary/aromatic N) is 2. The number of oxime groups is 1. The molecule has 1 aromatic carbocycles. The van der Waals surface area contributed by atoms with E-state index in [1.807, 2.05) is 0 Å². The van der Waals surface area contributed by atoms with Crippen molar-refractivity contribution in [1.29, 1.82) is 0 Å². The van der Waals surface area contributed by atoms with E-state index in [1.54, 1.807) is 6.07 Å². The van der Waals surface area contributed by atoms with Gasteiger partial charge in [-0.05, 0) is 36.6 Å². The maximum atomic E-state index is 13.7. The van der Waals surface area contributed by atoms with Crippen LogP contribution in [0.5, 0.6) is 0 Å². The lowest BCUT2D eigenvalue weighted by molar-refractivity contribution is 0.136. The van der Waals surface area contributed by atoms with Gasteiger partial charge in [0.05, 0.1) is 6.61 Å². The molecule has 6 heteroatoms. The van der Waals surface area contributed by atoms with Crippen molar-refractivity contribution in [2.45, 2.75) is 39.3 Å². The highest BCUT2D eigenvalue weighted by atomic mass is 19.1. The average molecular weight is 297 g/mol. The van der Waals surface area contributed by atoms with E-state index in [0.29, 0.717) is 24.7 Å². The predicted molar refractivity (Wildman–Crippen MR) is 80.8 cm³/mol. The van der Waals surface area contributed by atoms with Crippen molar-refractivity contribution in [1.82, 2.24) is 4.90 Å². The molecule has 118 valence electrons. The van der Waals surface area contributed by atoms with Crippen molar-refractivity contribution in [2.75, 3.05) is 13.2 Å². The van der Waals surface area contributed by atoms with Crippen LogP contribution in [0.4, 0.5) is 4.39 Å². The molecule has 0 heterocycles.